The zero-order valence-corrected chi connectivity index (χ0v) is 12.0. The van der Waals surface area contributed by atoms with E-state index in [1.165, 1.54) is 0 Å². The Hall–Kier alpha value is -2.01. The molecule has 1 N–H and O–H groups in total. The Balaban J connectivity index is 2.31. The highest BCUT2D eigenvalue weighted by Gasteiger charge is 2.10. The number of aromatic nitrogens is 2. The quantitative estimate of drug-likeness (QED) is 0.874. The van der Waals surface area contributed by atoms with Crippen molar-refractivity contribution >= 4 is 11.6 Å². The van der Waals surface area contributed by atoms with E-state index in [-0.39, 0.29) is 17.3 Å². The number of aryl methyl sites for hydroxylation is 1. The van der Waals surface area contributed by atoms with Crippen LogP contribution in [0.3, 0.4) is 0 Å². The molecule has 0 amide bonds. The fraction of sp³-hybridized carbons (Fsp3) is 0.286. The van der Waals surface area contributed by atoms with Crippen LogP contribution in [0.5, 0.6) is 5.75 Å². The summed E-state index contributed by atoms with van der Waals surface area (Å²) in [6.07, 6.45) is 0.522. The number of rotatable bonds is 4. The highest BCUT2D eigenvalue weighted by molar-refractivity contribution is 6.30. The van der Waals surface area contributed by atoms with Gasteiger partial charge in [-0.1, -0.05) is 29.8 Å². The molecule has 0 bridgehead atoms. The molecule has 0 saturated heterocycles. The molecule has 0 fully saturated rings. The van der Waals surface area contributed by atoms with Gasteiger partial charge in [-0.05, 0) is 25.0 Å². The largest absolute Gasteiger partial charge is 0.496 e. The third-order valence-corrected chi connectivity index (χ3v) is 3.53. The second kappa shape index (κ2) is 5.96. The second-order valence-electron chi connectivity index (χ2n) is 4.39. The summed E-state index contributed by atoms with van der Waals surface area (Å²) in [5.74, 6) is 0.739. The predicted octanol–water partition coefficient (Wildman–Crippen LogP) is 1.75. The van der Waals surface area contributed by atoms with Gasteiger partial charge in [0.1, 0.15) is 10.9 Å². The molecule has 0 aliphatic heterocycles. The first-order chi connectivity index (χ1) is 9.54. The standard InChI is InChI=1S/C14H15ClN2O3/c1-9-12(15)16-14(19)17(13(9)18)8-7-10-5-3-4-6-11(10)20-2/h3-6H,7-8H2,1-2H3,(H,16,19). The summed E-state index contributed by atoms with van der Waals surface area (Å²) in [4.78, 5) is 26.2. The maximum atomic E-state index is 12.0. The SMILES string of the molecule is COc1ccccc1CCn1c(=O)[nH]c(Cl)c(C)c1=O. The monoisotopic (exact) mass is 294 g/mol. The average molecular weight is 295 g/mol. The topological polar surface area (TPSA) is 64.1 Å². The first-order valence-electron chi connectivity index (χ1n) is 6.15. The molecular weight excluding hydrogens is 280 g/mol. The smallest absolute Gasteiger partial charge is 0.329 e. The molecule has 106 valence electrons. The van der Waals surface area contributed by atoms with E-state index in [4.69, 9.17) is 16.3 Å². The molecule has 0 radical (unpaired) electrons. The lowest BCUT2D eigenvalue weighted by molar-refractivity contribution is 0.408. The van der Waals surface area contributed by atoms with E-state index in [1.807, 2.05) is 24.3 Å². The van der Waals surface area contributed by atoms with Gasteiger partial charge in [0, 0.05) is 12.1 Å². The number of nitrogens with one attached hydrogen (secondary N) is 1. The van der Waals surface area contributed by atoms with E-state index in [0.717, 1.165) is 15.9 Å². The van der Waals surface area contributed by atoms with Gasteiger partial charge < -0.3 is 4.74 Å². The van der Waals surface area contributed by atoms with E-state index >= 15 is 0 Å². The molecule has 1 aromatic carbocycles. The molecule has 0 saturated carbocycles. The number of aromatic amines is 1. The summed E-state index contributed by atoms with van der Waals surface area (Å²) >= 11 is 5.77. The van der Waals surface area contributed by atoms with Crippen LogP contribution in [0, 0.1) is 6.92 Å². The van der Waals surface area contributed by atoms with E-state index in [2.05, 4.69) is 4.98 Å². The first kappa shape index (κ1) is 14.4. The van der Waals surface area contributed by atoms with Crippen molar-refractivity contribution in [3.05, 3.63) is 61.4 Å². The van der Waals surface area contributed by atoms with Crippen LogP contribution in [-0.2, 0) is 13.0 Å². The van der Waals surface area contributed by atoms with Crippen molar-refractivity contribution in [2.75, 3.05) is 7.11 Å². The van der Waals surface area contributed by atoms with Crippen molar-refractivity contribution in [1.29, 1.82) is 0 Å². The highest BCUT2D eigenvalue weighted by Crippen LogP contribution is 2.17. The van der Waals surface area contributed by atoms with Crippen LogP contribution in [0.15, 0.2) is 33.9 Å². The Morgan fingerprint density at radius 1 is 1.30 bits per heavy atom. The fourth-order valence-corrected chi connectivity index (χ4v) is 2.15. The maximum absolute atomic E-state index is 12.0. The van der Waals surface area contributed by atoms with Crippen LogP contribution in [0.25, 0.3) is 0 Å². The number of nitrogens with zero attached hydrogens (tertiary/aromatic N) is 1. The van der Waals surface area contributed by atoms with Crippen LogP contribution in [-0.4, -0.2) is 16.7 Å². The van der Waals surface area contributed by atoms with Gasteiger partial charge in [0.25, 0.3) is 5.56 Å². The third-order valence-electron chi connectivity index (χ3n) is 3.15. The maximum Gasteiger partial charge on any atom is 0.329 e. The van der Waals surface area contributed by atoms with Crippen LogP contribution in [0.2, 0.25) is 5.15 Å². The summed E-state index contributed by atoms with van der Waals surface area (Å²) in [5, 5.41) is 0.0912. The molecule has 0 aliphatic carbocycles. The lowest BCUT2D eigenvalue weighted by Crippen LogP contribution is -2.37. The molecule has 2 aromatic rings. The fourth-order valence-electron chi connectivity index (χ4n) is 1.99. The van der Waals surface area contributed by atoms with Gasteiger partial charge in [-0.25, -0.2) is 4.79 Å². The van der Waals surface area contributed by atoms with Crippen molar-refractivity contribution in [2.24, 2.45) is 0 Å². The molecule has 1 heterocycles. The molecule has 0 unspecified atom stereocenters. The van der Waals surface area contributed by atoms with Crippen molar-refractivity contribution in [1.82, 2.24) is 9.55 Å². The Labute approximate surface area is 120 Å². The normalized spacial score (nSPS) is 10.6. The minimum atomic E-state index is -0.500. The summed E-state index contributed by atoms with van der Waals surface area (Å²) in [5.41, 5.74) is 0.411. The van der Waals surface area contributed by atoms with Gasteiger partial charge in [-0.3, -0.25) is 14.3 Å². The number of ether oxygens (including phenoxy) is 1. The van der Waals surface area contributed by atoms with Crippen LogP contribution in [0.1, 0.15) is 11.1 Å². The zero-order chi connectivity index (χ0) is 14.7. The first-order valence-corrected chi connectivity index (χ1v) is 6.53. The molecule has 6 heteroatoms. The number of H-pyrrole nitrogens is 1. The average Bonchev–Trinajstić information content (AvgIpc) is 2.45. The lowest BCUT2D eigenvalue weighted by atomic mass is 10.1. The number of methoxy groups -OCH3 is 1. The number of hydrogen-bond donors (Lipinski definition) is 1. The van der Waals surface area contributed by atoms with E-state index < -0.39 is 5.69 Å². The molecule has 5 nitrogen and oxygen atoms in total. The van der Waals surface area contributed by atoms with Crippen LogP contribution in [0.4, 0.5) is 0 Å². The van der Waals surface area contributed by atoms with Crippen molar-refractivity contribution < 1.29 is 4.74 Å². The summed E-state index contributed by atoms with van der Waals surface area (Å²) in [7, 11) is 1.59. The molecule has 0 atom stereocenters. The Kier molecular flexibility index (Phi) is 4.29. The van der Waals surface area contributed by atoms with E-state index in [0.29, 0.717) is 12.0 Å². The number of halogens is 1. The van der Waals surface area contributed by atoms with E-state index in [9.17, 15) is 9.59 Å². The lowest BCUT2D eigenvalue weighted by Gasteiger charge is -2.09. The number of benzene rings is 1. The Morgan fingerprint density at radius 2 is 2.00 bits per heavy atom. The number of hydrogen-bond acceptors (Lipinski definition) is 3. The third kappa shape index (κ3) is 2.77. The highest BCUT2D eigenvalue weighted by atomic mass is 35.5. The molecule has 0 spiro atoms. The molecule has 1 aromatic heterocycles. The van der Waals surface area contributed by atoms with Crippen molar-refractivity contribution in [3.8, 4) is 5.75 Å². The van der Waals surface area contributed by atoms with Gasteiger partial charge in [0.2, 0.25) is 0 Å². The summed E-state index contributed by atoms with van der Waals surface area (Å²) < 4.78 is 6.39. The Bertz CT molecular complexity index is 734. The molecule has 2 rings (SSSR count). The van der Waals surface area contributed by atoms with Gasteiger partial charge >= 0.3 is 5.69 Å². The van der Waals surface area contributed by atoms with Crippen molar-refractivity contribution in [3.63, 3.8) is 0 Å². The second-order valence-corrected chi connectivity index (χ2v) is 4.77. The van der Waals surface area contributed by atoms with Crippen LogP contribution >= 0.6 is 11.6 Å². The predicted molar refractivity (Wildman–Crippen MR) is 77.8 cm³/mol. The minimum absolute atomic E-state index is 0.0912. The molecule has 20 heavy (non-hydrogen) atoms. The van der Waals surface area contributed by atoms with Gasteiger partial charge in [-0.2, -0.15) is 0 Å². The summed E-state index contributed by atoms with van der Waals surface area (Å²) in [6, 6.07) is 7.50. The Morgan fingerprint density at radius 3 is 2.70 bits per heavy atom. The molecular formula is C14H15ClN2O3. The minimum Gasteiger partial charge on any atom is -0.496 e. The zero-order valence-electron chi connectivity index (χ0n) is 11.3. The summed E-state index contributed by atoms with van der Waals surface area (Å²) in [6.45, 7) is 1.85. The van der Waals surface area contributed by atoms with Gasteiger partial charge in [0.05, 0.1) is 7.11 Å². The van der Waals surface area contributed by atoms with Gasteiger partial charge in [-0.15, -0.1) is 0 Å². The van der Waals surface area contributed by atoms with E-state index in [1.54, 1.807) is 14.0 Å². The molecule has 0 aliphatic rings. The van der Waals surface area contributed by atoms with Gasteiger partial charge in [0.15, 0.2) is 0 Å². The van der Waals surface area contributed by atoms with Crippen LogP contribution < -0.4 is 16.0 Å². The number of para-hydroxylation sites is 1. The van der Waals surface area contributed by atoms with Crippen molar-refractivity contribution in [2.45, 2.75) is 19.9 Å².